The predicted octanol–water partition coefficient (Wildman–Crippen LogP) is 0.601. The fourth-order valence-electron chi connectivity index (χ4n) is 1.73. The molecule has 1 aliphatic rings. The third-order valence-corrected chi connectivity index (χ3v) is 2.93. The summed E-state index contributed by atoms with van der Waals surface area (Å²) < 4.78 is 0. The molecule has 0 aromatic rings. The average molecular weight is 168 g/mol. The fourth-order valence-corrected chi connectivity index (χ4v) is 1.73. The summed E-state index contributed by atoms with van der Waals surface area (Å²) in [5, 5.41) is 18.7. The fraction of sp³-hybridized carbons (Fsp3) is 0.889. The molecule has 3 nitrogen and oxygen atoms in total. The van der Waals surface area contributed by atoms with Crippen LogP contribution in [0.5, 0.6) is 0 Å². The third-order valence-electron chi connectivity index (χ3n) is 2.93. The van der Waals surface area contributed by atoms with Crippen LogP contribution >= 0.6 is 0 Å². The second-order valence-electron chi connectivity index (χ2n) is 3.93. The molecule has 0 saturated carbocycles. The minimum Gasteiger partial charge on any atom is -0.375 e. The molecule has 68 valence electrons. The molecule has 0 aromatic carbocycles. The highest BCUT2D eigenvalue weighted by Gasteiger charge is 2.41. The Kier molecular flexibility index (Phi) is 2.41. The lowest BCUT2D eigenvalue weighted by Gasteiger charge is -2.41. The van der Waals surface area contributed by atoms with Crippen molar-refractivity contribution < 1.29 is 5.11 Å². The minimum atomic E-state index is -1.11. The van der Waals surface area contributed by atoms with Crippen LogP contribution in [0.4, 0.5) is 0 Å². The first-order chi connectivity index (χ1) is 5.49. The molecule has 1 aliphatic heterocycles. The SMILES string of the molecule is C[C@@H]1C[C@@](O)(C#N)[C@H](C)CN1C. The van der Waals surface area contributed by atoms with E-state index >= 15 is 0 Å². The molecule has 3 atom stereocenters. The quantitative estimate of drug-likeness (QED) is 0.539. The summed E-state index contributed by atoms with van der Waals surface area (Å²) >= 11 is 0. The van der Waals surface area contributed by atoms with Gasteiger partial charge < -0.3 is 10.0 Å². The van der Waals surface area contributed by atoms with Gasteiger partial charge in [-0.2, -0.15) is 5.26 Å². The Morgan fingerprint density at radius 2 is 2.17 bits per heavy atom. The zero-order valence-electron chi connectivity index (χ0n) is 7.91. The maximum absolute atomic E-state index is 9.85. The maximum atomic E-state index is 9.85. The smallest absolute Gasteiger partial charge is 0.156 e. The first-order valence-corrected chi connectivity index (χ1v) is 4.33. The van der Waals surface area contributed by atoms with Crippen LogP contribution in [0.2, 0.25) is 0 Å². The van der Waals surface area contributed by atoms with Gasteiger partial charge in [-0.25, -0.2) is 0 Å². The number of rotatable bonds is 0. The summed E-state index contributed by atoms with van der Waals surface area (Å²) in [5.41, 5.74) is -1.11. The van der Waals surface area contributed by atoms with Crippen LogP contribution < -0.4 is 0 Å². The molecule has 0 aromatic heterocycles. The van der Waals surface area contributed by atoms with Gasteiger partial charge >= 0.3 is 0 Å². The van der Waals surface area contributed by atoms with Crippen LogP contribution in [-0.4, -0.2) is 35.2 Å². The molecule has 0 radical (unpaired) electrons. The van der Waals surface area contributed by atoms with E-state index in [1.54, 1.807) is 0 Å². The molecule has 3 heteroatoms. The Bertz CT molecular complexity index is 211. The summed E-state index contributed by atoms with van der Waals surface area (Å²) in [6, 6.07) is 2.31. The van der Waals surface area contributed by atoms with E-state index in [0.717, 1.165) is 6.54 Å². The average Bonchev–Trinajstić information content (AvgIpc) is 2.01. The van der Waals surface area contributed by atoms with Crippen molar-refractivity contribution in [3.8, 4) is 6.07 Å². The van der Waals surface area contributed by atoms with Crippen molar-refractivity contribution in [2.75, 3.05) is 13.6 Å². The summed E-state index contributed by atoms with van der Waals surface area (Å²) in [6.07, 6.45) is 0.557. The summed E-state index contributed by atoms with van der Waals surface area (Å²) in [4.78, 5) is 2.18. The van der Waals surface area contributed by atoms with E-state index in [4.69, 9.17) is 5.26 Å². The van der Waals surface area contributed by atoms with Gasteiger partial charge in [-0.1, -0.05) is 6.92 Å². The Hall–Kier alpha value is -0.590. The van der Waals surface area contributed by atoms with Crippen LogP contribution in [0.1, 0.15) is 20.3 Å². The van der Waals surface area contributed by atoms with Crippen LogP contribution in [0.25, 0.3) is 0 Å². The highest BCUT2D eigenvalue weighted by atomic mass is 16.3. The Morgan fingerprint density at radius 1 is 1.58 bits per heavy atom. The molecule has 1 saturated heterocycles. The second-order valence-corrected chi connectivity index (χ2v) is 3.93. The number of likely N-dealkylation sites (tertiary alicyclic amines) is 1. The topological polar surface area (TPSA) is 47.3 Å². The van der Waals surface area contributed by atoms with Crippen molar-refractivity contribution in [1.29, 1.82) is 5.26 Å². The highest BCUT2D eigenvalue weighted by molar-refractivity contribution is 5.08. The van der Waals surface area contributed by atoms with Gasteiger partial charge in [0.25, 0.3) is 0 Å². The van der Waals surface area contributed by atoms with Gasteiger partial charge in [0.05, 0.1) is 6.07 Å². The van der Waals surface area contributed by atoms with Crippen molar-refractivity contribution in [3.05, 3.63) is 0 Å². The number of nitriles is 1. The molecule has 0 amide bonds. The van der Waals surface area contributed by atoms with Crippen LogP contribution in [0, 0.1) is 17.2 Å². The van der Waals surface area contributed by atoms with Crippen molar-refractivity contribution >= 4 is 0 Å². The van der Waals surface area contributed by atoms with Crippen LogP contribution in [0.3, 0.4) is 0 Å². The minimum absolute atomic E-state index is 0.0451. The zero-order chi connectivity index (χ0) is 9.35. The Balaban J connectivity index is 2.76. The molecule has 0 unspecified atom stereocenters. The van der Waals surface area contributed by atoms with E-state index in [0.29, 0.717) is 12.5 Å². The van der Waals surface area contributed by atoms with E-state index in [2.05, 4.69) is 4.90 Å². The van der Waals surface area contributed by atoms with Gasteiger partial charge in [0.2, 0.25) is 0 Å². The van der Waals surface area contributed by atoms with E-state index < -0.39 is 5.60 Å². The van der Waals surface area contributed by atoms with Crippen molar-refractivity contribution in [2.45, 2.75) is 31.9 Å². The number of hydrogen-bond acceptors (Lipinski definition) is 3. The van der Waals surface area contributed by atoms with Crippen LogP contribution in [0.15, 0.2) is 0 Å². The number of aliphatic hydroxyl groups is 1. The van der Waals surface area contributed by atoms with Gasteiger partial charge in [0, 0.05) is 24.9 Å². The lowest BCUT2D eigenvalue weighted by atomic mass is 9.80. The highest BCUT2D eigenvalue weighted by Crippen LogP contribution is 2.29. The van der Waals surface area contributed by atoms with Gasteiger partial charge in [-0.15, -0.1) is 0 Å². The molecule has 1 heterocycles. The molecule has 1 N–H and O–H groups in total. The van der Waals surface area contributed by atoms with Gasteiger partial charge in [-0.3, -0.25) is 0 Å². The first kappa shape index (κ1) is 9.50. The van der Waals surface area contributed by atoms with E-state index in [1.807, 2.05) is 27.0 Å². The van der Waals surface area contributed by atoms with Gasteiger partial charge in [0.1, 0.15) is 0 Å². The molecule has 0 aliphatic carbocycles. The third kappa shape index (κ3) is 1.45. The van der Waals surface area contributed by atoms with Crippen LogP contribution in [-0.2, 0) is 0 Å². The van der Waals surface area contributed by atoms with E-state index in [-0.39, 0.29) is 5.92 Å². The number of hydrogen-bond donors (Lipinski definition) is 1. The molecule has 12 heavy (non-hydrogen) atoms. The van der Waals surface area contributed by atoms with E-state index in [1.165, 1.54) is 0 Å². The number of nitrogens with zero attached hydrogens (tertiary/aromatic N) is 2. The predicted molar refractivity (Wildman–Crippen MR) is 46.4 cm³/mol. The number of piperidine rings is 1. The normalized spacial score (nSPS) is 43.9. The zero-order valence-corrected chi connectivity index (χ0v) is 7.91. The maximum Gasteiger partial charge on any atom is 0.156 e. The molecule has 0 spiro atoms. The van der Waals surface area contributed by atoms with Crippen molar-refractivity contribution in [3.63, 3.8) is 0 Å². The Morgan fingerprint density at radius 3 is 2.67 bits per heavy atom. The Labute approximate surface area is 73.6 Å². The van der Waals surface area contributed by atoms with Gasteiger partial charge in [0.15, 0.2) is 5.60 Å². The lowest BCUT2D eigenvalue weighted by molar-refractivity contribution is -0.0361. The van der Waals surface area contributed by atoms with Crippen molar-refractivity contribution in [2.24, 2.45) is 5.92 Å². The first-order valence-electron chi connectivity index (χ1n) is 4.33. The lowest BCUT2D eigenvalue weighted by Crippen LogP contribution is -2.52. The van der Waals surface area contributed by atoms with Gasteiger partial charge in [-0.05, 0) is 14.0 Å². The molecule has 1 rings (SSSR count). The molecule has 0 bridgehead atoms. The summed E-state index contributed by atoms with van der Waals surface area (Å²) in [5.74, 6) is 0.0451. The van der Waals surface area contributed by atoms with Crippen molar-refractivity contribution in [1.82, 2.24) is 4.90 Å². The summed E-state index contributed by atoms with van der Waals surface area (Å²) in [6.45, 7) is 4.75. The second kappa shape index (κ2) is 3.04. The molecular formula is C9H16N2O. The standard InChI is InChI=1S/C9H16N2O/c1-7-5-11(3)8(2)4-9(7,12)6-10/h7-8,12H,4-5H2,1-3H3/t7-,8-,9-/m1/s1. The largest absolute Gasteiger partial charge is 0.375 e. The summed E-state index contributed by atoms with van der Waals surface area (Å²) in [7, 11) is 2.03. The molecule has 1 fully saturated rings. The van der Waals surface area contributed by atoms with E-state index in [9.17, 15) is 5.11 Å². The molecular weight excluding hydrogens is 152 g/mol. The monoisotopic (exact) mass is 168 g/mol.